The molecule has 1 atom stereocenters. The summed E-state index contributed by atoms with van der Waals surface area (Å²) < 4.78 is 11.3. The summed E-state index contributed by atoms with van der Waals surface area (Å²) in [5.41, 5.74) is 0.379. The van der Waals surface area contributed by atoms with Crippen LogP contribution in [0.4, 0.5) is 11.5 Å². The first-order chi connectivity index (χ1) is 9.61. The molecule has 3 heterocycles. The minimum Gasteiger partial charge on any atom is -0.378 e. The highest BCUT2D eigenvalue weighted by atomic mass is 16.6. The van der Waals surface area contributed by atoms with Crippen LogP contribution in [-0.2, 0) is 9.47 Å². The van der Waals surface area contributed by atoms with Gasteiger partial charge in [0.25, 0.3) is 0 Å². The zero-order chi connectivity index (χ0) is 14.2. The molecule has 0 radical (unpaired) electrons. The van der Waals surface area contributed by atoms with Gasteiger partial charge in [-0.1, -0.05) is 0 Å². The van der Waals surface area contributed by atoms with Crippen molar-refractivity contribution in [2.45, 2.75) is 18.9 Å². The second kappa shape index (κ2) is 4.99. The Morgan fingerprint density at radius 2 is 2.35 bits per heavy atom. The minimum absolute atomic E-state index is 0.0865. The number of pyridine rings is 1. The van der Waals surface area contributed by atoms with Crippen molar-refractivity contribution in [3.05, 3.63) is 27.9 Å². The maximum absolute atomic E-state index is 11.3. The molecule has 1 aromatic rings. The molecule has 0 aromatic carbocycles. The van der Waals surface area contributed by atoms with E-state index in [0.717, 1.165) is 6.42 Å². The number of hydrogen-bond donors (Lipinski definition) is 0. The zero-order valence-electron chi connectivity index (χ0n) is 11.4. The second-order valence-corrected chi connectivity index (χ2v) is 5.31. The van der Waals surface area contributed by atoms with E-state index in [1.807, 2.05) is 4.90 Å². The Balaban J connectivity index is 1.93. The van der Waals surface area contributed by atoms with Crippen LogP contribution in [0.3, 0.4) is 0 Å². The van der Waals surface area contributed by atoms with Crippen molar-refractivity contribution in [3.8, 4) is 0 Å². The van der Waals surface area contributed by atoms with Crippen molar-refractivity contribution in [2.24, 2.45) is 0 Å². The molecule has 2 aliphatic heterocycles. The molecule has 108 valence electrons. The van der Waals surface area contributed by atoms with E-state index >= 15 is 0 Å². The molecule has 7 heteroatoms. The highest BCUT2D eigenvalue weighted by Gasteiger charge is 2.42. The number of aromatic nitrogens is 1. The number of ether oxygens (including phenoxy) is 2. The molecule has 7 nitrogen and oxygen atoms in total. The molecular formula is C13H17N3O4. The van der Waals surface area contributed by atoms with Gasteiger partial charge >= 0.3 is 5.69 Å². The number of nitro groups is 1. The van der Waals surface area contributed by atoms with Gasteiger partial charge in [0.1, 0.15) is 5.60 Å². The van der Waals surface area contributed by atoms with Crippen LogP contribution in [0.1, 0.15) is 12.0 Å². The van der Waals surface area contributed by atoms with Crippen LogP contribution in [0.5, 0.6) is 0 Å². The third kappa shape index (κ3) is 2.23. The van der Waals surface area contributed by atoms with E-state index in [4.69, 9.17) is 9.47 Å². The van der Waals surface area contributed by atoms with Crippen molar-refractivity contribution in [3.63, 3.8) is 0 Å². The molecule has 0 aliphatic carbocycles. The highest BCUT2D eigenvalue weighted by molar-refractivity contribution is 5.61. The van der Waals surface area contributed by atoms with Gasteiger partial charge in [-0.3, -0.25) is 10.1 Å². The molecule has 20 heavy (non-hydrogen) atoms. The summed E-state index contributed by atoms with van der Waals surface area (Å²) in [6.07, 6.45) is 2.44. The fourth-order valence-electron chi connectivity index (χ4n) is 2.85. The van der Waals surface area contributed by atoms with Gasteiger partial charge in [0, 0.05) is 31.3 Å². The largest absolute Gasteiger partial charge is 0.378 e. The van der Waals surface area contributed by atoms with Gasteiger partial charge in [-0.2, -0.15) is 0 Å². The molecule has 2 saturated heterocycles. The topological polar surface area (TPSA) is 77.7 Å². The lowest BCUT2D eigenvalue weighted by Crippen LogP contribution is -2.52. The molecular weight excluding hydrogens is 262 g/mol. The van der Waals surface area contributed by atoms with E-state index in [2.05, 4.69) is 4.98 Å². The maximum Gasteiger partial charge on any atom is 0.314 e. The molecule has 0 N–H and O–H groups in total. The van der Waals surface area contributed by atoms with Crippen LogP contribution in [-0.4, -0.2) is 48.4 Å². The van der Waals surface area contributed by atoms with Crippen LogP contribution in [0, 0.1) is 17.0 Å². The molecule has 0 amide bonds. The first-order valence-corrected chi connectivity index (χ1v) is 6.68. The number of morpholine rings is 1. The molecule has 2 aliphatic rings. The summed E-state index contributed by atoms with van der Waals surface area (Å²) in [5, 5.41) is 11.3. The fraction of sp³-hybridized carbons (Fsp3) is 0.615. The molecule has 3 rings (SSSR count). The Labute approximate surface area is 116 Å². The second-order valence-electron chi connectivity index (χ2n) is 5.31. The van der Waals surface area contributed by atoms with E-state index in [9.17, 15) is 10.1 Å². The molecule has 1 unspecified atom stereocenters. The van der Waals surface area contributed by atoms with Crippen LogP contribution in [0.2, 0.25) is 0 Å². The molecule has 0 saturated carbocycles. The number of aryl methyl sites for hydroxylation is 1. The van der Waals surface area contributed by atoms with Crippen molar-refractivity contribution in [1.82, 2.24) is 4.98 Å². The van der Waals surface area contributed by atoms with Crippen molar-refractivity contribution >= 4 is 11.5 Å². The zero-order valence-corrected chi connectivity index (χ0v) is 11.4. The number of nitrogens with zero attached hydrogens (tertiary/aromatic N) is 3. The lowest BCUT2D eigenvalue weighted by Gasteiger charge is -2.39. The average Bonchev–Trinajstić information content (AvgIpc) is 2.86. The quantitative estimate of drug-likeness (QED) is 0.599. The van der Waals surface area contributed by atoms with Crippen molar-refractivity contribution in [1.29, 1.82) is 0 Å². The first kappa shape index (κ1) is 13.3. The molecule has 2 fully saturated rings. The lowest BCUT2D eigenvalue weighted by atomic mass is 10.0. The number of rotatable bonds is 2. The Kier molecular flexibility index (Phi) is 3.31. The van der Waals surface area contributed by atoms with Crippen molar-refractivity contribution < 1.29 is 14.4 Å². The summed E-state index contributed by atoms with van der Waals surface area (Å²) in [6, 6.07) is 1.66. The summed E-state index contributed by atoms with van der Waals surface area (Å²) >= 11 is 0. The third-order valence-corrected chi connectivity index (χ3v) is 3.90. The maximum atomic E-state index is 11.3. The SMILES string of the molecule is Cc1ccnc(N2CCOC3(CCOC3)C2)c1[N+](=O)[O-]. The van der Waals surface area contributed by atoms with E-state index in [1.54, 1.807) is 19.2 Å². The van der Waals surface area contributed by atoms with Gasteiger partial charge in [0.2, 0.25) is 5.82 Å². The first-order valence-electron chi connectivity index (χ1n) is 6.68. The summed E-state index contributed by atoms with van der Waals surface area (Å²) in [5.74, 6) is 0.435. The Bertz CT molecular complexity index is 528. The number of hydrogen-bond acceptors (Lipinski definition) is 6. The lowest BCUT2D eigenvalue weighted by molar-refractivity contribution is -0.385. The average molecular weight is 279 g/mol. The van der Waals surface area contributed by atoms with Gasteiger partial charge in [-0.15, -0.1) is 0 Å². The summed E-state index contributed by atoms with van der Waals surface area (Å²) in [4.78, 5) is 17.1. The van der Waals surface area contributed by atoms with E-state index in [-0.39, 0.29) is 16.2 Å². The minimum atomic E-state index is -0.356. The van der Waals surface area contributed by atoms with Crippen LogP contribution in [0.15, 0.2) is 12.3 Å². The Morgan fingerprint density at radius 1 is 1.50 bits per heavy atom. The van der Waals surface area contributed by atoms with Gasteiger partial charge < -0.3 is 14.4 Å². The van der Waals surface area contributed by atoms with Gasteiger partial charge in [0.05, 0.1) is 24.7 Å². The van der Waals surface area contributed by atoms with Gasteiger partial charge in [-0.05, 0) is 13.0 Å². The Hall–Kier alpha value is -1.73. The summed E-state index contributed by atoms with van der Waals surface area (Å²) in [7, 11) is 0. The molecule has 1 spiro atoms. The fourth-order valence-corrected chi connectivity index (χ4v) is 2.85. The van der Waals surface area contributed by atoms with Crippen LogP contribution in [0.25, 0.3) is 0 Å². The molecule has 1 aromatic heterocycles. The van der Waals surface area contributed by atoms with Gasteiger partial charge in [-0.25, -0.2) is 4.98 Å². The standard InChI is InChI=1S/C13H17N3O4/c1-10-2-4-14-12(11(10)16(17)18)15-5-7-20-13(8-15)3-6-19-9-13/h2,4H,3,5-9H2,1H3. The summed E-state index contributed by atoms with van der Waals surface area (Å²) in [6.45, 7) is 4.69. The smallest absolute Gasteiger partial charge is 0.314 e. The van der Waals surface area contributed by atoms with Crippen LogP contribution >= 0.6 is 0 Å². The van der Waals surface area contributed by atoms with Crippen LogP contribution < -0.4 is 4.90 Å². The van der Waals surface area contributed by atoms with E-state index < -0.39 is 0 Å². The van der Waals surface area contributed by atoms with E-state index in [1.165, 1.54) is 0 Å². The normalized spacial score (nSPS) is 26.1. The van der Waals surface area contributed by atoms with E-state index in [0.29, 0.717) is 44.3 Å². The molecule has 0 bridgehead atoms. The predicted octanol–water partition coefficient (Wildman–Crippen LogP) is 1.29. The van der Waals surface area contributed by atoms with Gasteiger partial charge in [0.15, 0.2) is 0 Å². The number of anilines is 1. The Morgan fingerprint density at radius 3 is 3.05 bits per heavy atom. The third-order valence-electron chi connectivity index (χ3n) is 3.90. The highest BCUT2D eigenvalue weighted by Crippen LogP contribution is 2.34. The monoisotopic (exact) mass is 279 g/mol. The van der Waals surface area contributed by atoms with Crippen molar-refractivity contribution in [2.75, 3.05) is 37.8 Å². The predicted molar refractivity (Wildman–Crippen MR) is 72.0 cm³/mol.